The lowest BCUT2D eigenvalue weighted by Gasteiger charge is -2.51. The van der Waals surface area contributed by atoms with Crippen LogP contribution in [0.5, 0.6) is 0 Å². The van der Waals surface area contributed by atoms with Gasteiger partial charge in [-0.15, -0.1) is 0 Å². The Morgan fingerprint density at radius 3 is 2.40 bits per heavy atom. The first kappa shape index (κ1) is 31.6. The number of fused-ring (bicyclic) bond motifs is 4. The molecular weight excluding hydrogens is 651 g/mol. The summed E-state index contributed by atoms with van der Waals surface area (Å²) in [5.74, 6) is 7.98. The number of pyridine rings is 2. The number of piperidine rings is 1. The molecule has 48 heavy (non-hydrogen) atoms. The van der Waals surface area contributed by atoms with Gasteiger partial charge >= 0.3 is 5.97 Å². The van der Waals surface area contributed by atoms with E-state index in [4.69, 9.17) is 32.5 Å². The molecule has 4 aliphatic carbocycles. The van der Waals surface area contributed by atoms with Gasteiger partial charge in [0.15, 0.2) is 5.69 Å². The van der Waals surface area contributed by atoms with Crippen LogP contribution in [0.3, 0.4) is 0 Å². The van der Waals surface area contributed by atoms with Crippen LogP contribution in [0, 0.1) is 17.3 Å². The van der Waals surface area contributed by atoms with Gasteiger partial charge in [0, 0.05) is 58.9 Å². The second kappa shape index (κ2) is 12.3. The summed E-state index contributed by atoms with van der Waals surface area (Å²) in [7, 11) is 0. The van der Waals surface area contributed by atoms with Gasteiger partial charge in [0.25, 0.3) is 0 Å². The number of hydrogen-bond donors (Lipinski definition) is 2. The van der Waals surface area contributed by atoms with Gasteiger partial charge in [-0.1, -0.05) is 46.3 Å². The third-order valence-corrected chi connectivity index (χ3v) is 11.4. The van der Waals surface area contributed by atoms with E-state index in [9.17, 15) is 15.0 Å². The van der Waals surface area contributed by atoms with Gasteiger partial charge in [-0.3, -0.25) is 4.98 Å². The molecule has 5 fully saturated rings. The minimum absolute atomic E-state index is 0.0189. The number of aliphatic hydroxyl groups excluding tert-OH is 1. The van der Waals surface area contributed by atoms with Gasteiger partial charge in [-0.2, -0.15) is 0 Å². The first-order chi connectivity index (χ1) is 23.2. The number of hydrogen-bond acceptors (Lipinski definition) is 8. The highest BCUT2D eigenvalue weighted by Gasteiger charge is 2.49. The van der Waals surface area contributed by atoms with Crippen LogP contribution in [-0.2, 0) is 11.3 Å². The minimum Gasteiger partial charge on any atom is -0.477 e. The summed E-state index contributed by atoms with van der Waals surface area (Å²) in [5.41, 5.74) is 2.85. The monoisotopic (exact) mass is 686 g/mol. The molecular formula is C37H36Cl2N4O5. The van der Waals surface area contributed by atoms with Gasteiger partial charge in [0.1, 0.15) is 17.3 Å². The molecule has 3 aromatic heterocycles. The van der Waals surface area contributed by atoms with Crippen LogP contribution < -0.4 is 4.90 Å². The van der Waals surface area contributed by atoms with Crippen molar-refractivity contribution in [3.63, 3.8) is 0 Å². The van der Waals surface area contributed by atoms with Crippen molar-refractivity contribution in [1.29, 1.82) is 0 Å². The molecule has 11 heteroatoms. The molecule has 9 nitrogen and oxygen atoms in total. The van der Waals surface area contributed by atoms with Crippen LogP contribution in [0.2, 0.25) is 10.0 Å². The molecule has 2 bridgehead atoms. The Hall–Kier alpha value is -3.68. The average molecular weight is 688 g/mol. The fourth-order valence-electron chi connectivity index (χ4n) is 7.68. The van der Waals surface area contributed by atoms with E-state index >= 15 is 0 Å². The summed E-state index contributed by atoms with van der Waals surface area (Å²) in [6, 6.07) is 7.56. The predicted octanol–water partition coefficient (Wildman–Crippen LogP) is 7.79. The molecule has 9 rings (SSSR count). The zero-order chi connectivity index (χ0) is 33.0. The number of halogens is 2. The number of carbonyl (C=O) groups is 1. The third kappa shape index (κ3) is 5.94. The Morgan fingerprint density at radius 1 is 1.02 bits per heavy atom. The maximum Gasteiger partial charge on any atom is 0.354 e. The van der Waals surface area contributed by atoms with E-state index < -0.39 is 5.97 Å². The highest BCUT2D eigenvalue weighted by atomic mass is 35.5. The molecule has 2 N–H and O–H groups in total. The first-order valence-corrected chi connectivity index (χ1v) is 17.5. The fraction of sp³-hybridized carbons (Fsp3) is 0.459. The van der Waals surface area contributed by atoms with Crippen LogP contribution in [0.25, 0.3) is 22.0 Å². The average Bonchev–Trinajstić information content (AvgIpc) is 3.86. The summed E-state index contributed by atoms with van der Waals surface area (Å²) < 4.78 is 12.7. The summed E-state index contributed by atoms with van der Waals surface area (Å²) in [6.45, 7) is 1.65. The molecule has 4 heterocycles. The largest absolute Gasteiger partial charge is 0.477 e. The Balaban J connectivity index is 1.00. The SMILES string of the molecule is O=C(O)c1cc2ccc(C#CC34CCC(OCc5c(-c6c(Cl)cncc6Cl)noc5C5CC5)(CC3)CC4)cc2c(N2CCC(O)CC2)n1. The molecule has 0 spiro atoms. The van der Waals surface area contributed by atoms with E-state index in [1.165, 1.54) is 0 Å². The third-order valence-electron chi connectivity index (χ3n) is 10.8. The molecule has 0 radical (unpaired) electrons. The number of nitrogens with zero attached hydrogens (tertiary/aromatic N) is 4. The Morgan fingerprint density at radius 2 is 1.73 bits per heavy atom. The topological polar surface area (TPSA) is 122 Å². The van der Waals surface area contributed by atoms with Crippen LogP contribution in [-0.4, -0.2) is 56.1 Å². The number of aromatic nitrogens is 3. The van der Waals surface area contributed by atoms with E-state index in [0.29, 0.717) is 65.6 Å². The Bertz CT molecular complexity index is 1930. The number of benzene rings is 1. The molecule has 1 aliphatic heterocycles. The smallest absolute Gasteiger partial charge is 0.354 e. The van der Waals surface area contributed by atoms with Crippen molar-refractivity contribution in [2.24, 2.45) is 5.41 Å². The highest BCUT2D eigenvalue weighted by Crippen LogP contribution is 2.54. The highest BCUT2D eigenvalue weighted by molar-refractivity contribution is 6.38. The lowest BCUT2D eigenvalue weighted by atomic mass is 9.59. The molecule has 5 aliphatic rings. The van der Waals surface area contributed by atoms with E-state index in [1.807, 2.05) is 18.2 Å². The maximum atomic E-state index is 11.8. The number of carboxylic acid groups (broad SMARTS) is 1. The Labute approximate surface area is 288 Å². The molecule has 248 valence electrons. The van der Waals surface area contributed by atoms with Crippen LogP contribution in [0.4, 0.5) is 5.82 Å². The zero-order valence-electron chi connectivity index (χ0n) is 26.5. The number of carboxylic acids is 1. The van der Waals surface area contributed by atoms with Gasteiger partial charge in [0.05, 0.1) is 28.4 Å². The van der Waals surface area contributed by atoms with Crippen molar-refractivity contribution < 1.29 is 24.3 Å². The Kier molecular flexibility index (Phi) is 8.11. The van der Waals surface area contributed by atoms with Crippen molar-refractivity contribution in [2.45, 2.75) is 88.4 Å². The number of ether oxygens (including phenoxy) is 1. The fourth-order valence-corrected chi connectivity index (χ4v) is 8.23. The number of aliphatic hydroxyl groups is 1. The van der Waals surface area contributed by atoms with Crippen LogP contribution in [0.1, 0.15) is 97.5 Å². The molecule has 0 atom stereocenters. The quantitative estimate of drug-likeness (QED) is 0.188. The molecule has 4 aromatic rings. The zero-order valence-corrected chi connectivity index (χ0v) is 28.0. The van der Waals surface area contributed by atoms with Crippen molar-refractivity contribution >= 4 is 45.8 Å². The van der Waals surface area contributed by atoms with Crippen molar-refractivity contribution in [3.05, 3.63) is 69.3 Å². The lowest BCUT2D eigenvalue weighted by Crippen LogP contribution is -2.47. The van der Waals surface area contributed by atoms with Crippen molar-refractivity contribution in [3.8, 4) is 23.1 Å². The second-order valence-electron chi connectivity index (χ2n) is 13.9. The van der Waals surface area contributed by atoms with Gasteiger partial charge in [-0.25, -0.2) is 9.78 Å². The first-order valence-electron chi connectivity index (χ1n) is 16.8. The van der Waals surface area contributed by atoms with Gasteiger partial charge in [0.2, 0.25) is 0 Å². The predicted molar refractivity (Wildman–Crippen MR) is 182 cm³/mol. The lowest BCUT2D eigenvalue weighted by molar-refractivity contribution is -0.131. The number of anilines is 1. The molecule has 0 amide bonds. The van der Waals surface area contributed by atoms with Crippen molar-refractivity contribution in [1.82, 2.24) is 15.1 Å². The van der Waals surface area contributed by atoms with Crippen LogP contribution >= 0.6 is 23.2 Å². The molecule has 0 unspecified atom stereocenters. The standard InChI is InChI=1S/C37H36Cl2N4O5/c38-28-19-40-20-29(39)31(28)32-27(33(48-42-32)23-3-4-23)21-47-37-12-9-36(10-13-37,11-14-37)8-5-22-1-2-24-18-30(35(45)46)41-34(26(24)17-22)43-15-6-25(44)7-16-43/h1-2,17-20,23,25,44H,3-4,6-7,9-16,21H2,(H,45,46). The molecule has 4 saturated carbocycles. The molecule has 1 aromatic carbocycles. The van der Waals surface area contributed by atoms with Crippen LogP contribution in [0.15, 0.2) is 41.2 Å². The number of rotatable bonds is 7. The van der Waals surface area contributed by atoms with E-state index in [0.717, 1.165) is 79.0 Å². The van der Waals surface area contributed by atoms with Gasteiger partial charge in [-0.05, 0) is 87.8 Å². The second-order valence-corrected chi connectivity index (χ2v) is 14.7. The van der Waals surface area contributed by atoms with E-state index in [-0.39, 0.29) is 22.8 Å². The molecule has 1 saturated heterocycles. The summed E-state index contributed by atoms with van der Waals surface area (Å²) in [4.78, 5) is 22.5. The minimum atomic E-state index is -1.06. The van der Waals surface area contributed by atoms with Crippen molar-refractivity contribution in [2.75, 3.05) is 18.0 Å². The summed E-state index contributed by atoms with van der Waals surface area (Å²) in [6.07, 6.45) is 11.9. The van der Waals surface area contributed by atoms with Gasteiger partial charge < -0.3 is 24.4 Å². The van der Waals surface area contributed by atoms with E-state index in [2.05, 4.69) is 31.9 Å². The maximum absolute atomic E-state index is 11.8. The van der Waals surface area contributed by atoms with E-state index in [1.54, 1.807) is 18.5 Å². The normalized spacial score (nSPS) is 24.1. The summed E-state index contributed by atoms with van der Waals surface area (Å²) in [5, 5.41) is 26.7. The summed E-state index contributed by atoms with van der Waals surface area (Å²) >= 11 is 13.0. The number of aromatic carboxylic acids is 1.